The minimum Gasteiger partial charge on any atom is -0.497 e. The SMILES string of the molecule is COc1cccc(S(=O)(=O)N(CCN(C)C)C2CCN(Cc3ccncc3)CC2)c1. The fraction of sp³-hybridized carbons (Fsp3) is 0.500. The summed E-state index contributed by atoms with van der Waals surface area (Å²) in [5.74, 6) is 0.552. The van der Waals surface area contributed by atoms with Gasteiger partial charge in [-0.3, -0.25) is 9.88 Å². The van der Waals surface area contributed by atoms with Crippen LogP contribution in [0.25, 0.3) is 0 Å². The first-order chi connectivity index (χ1) is 14.4. The molecule has 0 atom stereocenters. The van der Waals surface area contributed by atoms with Crippen LogP contribution in [0.1, 0.15) is 18.4 Å². The lowest BCUT2D eigenvalue weighted by Crippen LogP contribution is -2.49. The third kappa shape index (κ3) is 5.78. The molecule has 0 unspecified atom stereocenters. The van der Waals surface area contributed by atoms with E-state index in [1.54, 1.807) is 35.7 Å². The van der Waals surface area contributed by atoms with Crippen LogP contribution >= 0.6 is 0 Å². The molecule has 1 aliphatic rings. The van der Waals surface area contributed by atoms with Crippen LogP contribution in [0.2, 0.25) is 0 Å². The molecule has 2 heterocycles. The monoisotopic (exact) mass is 432 g/mol. The van der Waals surface area contributed by atoms with Crippen LogP contribution in [0.4, 0.5) is 0 Å². The highest BCUT2D eigenvalue weighted by molar-refractivity contribution is 7.89. The first kappa shape index (κ1) is 22.7. The summed E-state index contributed by atoms with van der Waals surface area (Å²) in [6, 6.07) is 10.8. The van der Waals surface area contributed by atoms with Gasteiger partial charge in [0.2, 0.25) is 10.0 Å². The van der Waals surface area contributed by atoms with E-state index in [4.69, 9.17) is 4.74 Å². The highest BCUT2D eigenvalue weighted by Crippen LogP contribution is 2.27. The Morgan fingerprint density at radius 2 is 1.80 bits per heavy atom. The second-order valence-electron chi connectivity index (χ2n) is 7.96. The van der Waals surface area contributed by atoms with E-state index in [1.807, 2.05) is 43.5 Å². The lowest BCUT2D eigenvalue weighted by Gasteiger charge is -2.38. The van der Waals surface area contributed by atoms with E-state index in [0.29, 0.717) is 23.7 Å². The average molecular weight is 433 g/mol. The molecule has 0 radical (unpaired) electrons. The lowest BCUT2D eigenvalue weighted by molar-refractivity contribution is 0.149. The number of nitrogens with zero attached hydrogens (tertiary/aromatic N) is 4. The normalized spacial score (nSPS) is 16.3. The second kappa shape index (κ2) is 10.3. The highest BCUT2D eigenvalue weighted by Gasteiger charge is 2.33. The fourth-order valence-corrected chi connectivity index (χ4v) is 5.52. The number of hydrogen-bond acceptors (Lipinski definition) is 6. The van der Waals surface area contributed by atoms with Crippen molar-refractivity contribution in [2.75, 3.05) is 47.4 Å². The van der Waals surface area contributed by atoms with Crippen LogP contribution in [-0.2, 0) is 16.6 Å². The number of aromatic nitrogens is 1. The number of ether oxygens (including phenoxy) is 1. The molecule has 1 aromatic heterocycles. The zero-order chi connectivity index (χ0) is 21.6. The molecule has 0 amide bonds. The van der Waals surface area contributed by atoms with Gasteiger partial charge < -0.3 is 9.64 Å². The van der Waals surface area contributed by atoms with Crippen LogP contribution in [0.5, 0.6) is 5.75 Å². The minimum absolute atomic E-state index is 0.00478. The molecule has 0 spiro atoms. The number of rotatable bonds is 9. The molecule has 8 heteroatoms. The number of methoxy groups -OCH3 is 1. The summed E-state index contributed by atoms with van der Waals surface area (Å²) >= 11 is 0. The largest absolute Gasteiger partial charge is 0.497 e. The second-order valence-corrected chi connectivity index (χ2v) is 9.85. The highest BCUT2D eigenvalue weighted by atomic mass is 32.2. The zero-order valence-electron chi connectivity index (χ0n) is 18.1. The molecular formula is C22H32N4O3S. The van der Waals surface area contributed by atoms with Crippen LogP contribution < -0.4 is 4.74 Å². The number of piperidine rings is 1. The molecule has 0 aliphatic carbocycles. The quantitative estimate of drug-likeness (QED) is 0.606. The molecule has 0 saturated carbocycles. The first-order valence-corrected chi connectivity index (χ1v) is 11.8. The van der Waals surface area contributed by atoms with Crippen LogP contribution in [-0.4, -0.2) is 80.9 Å². The number of likely N-dealkylation sites (tertiary alicyclic amines) is 1. The van der Waals surface area contributed by atoms with Crippen LogP contribution in [0.15, 0.2) is 53.7 Å². The van der Waals surface area contributed by atoms with E-state index < -0.39 is 10.0 Å². The van der Waals surface area contributed by atoms with E-state index in [-0.39, 0.29) is 6.04 Å². The van der Waals surface area contributed by atoms with Gasteiger partial charge >= 0.3 is 0 Å². The summed E-state index contributed by atoms with van der Waals surface area (Å²) < 4.78 is 34.0. The van der Waals surface area contributed by atoms with Crippen molar-refractivity contribution in [3.8, 4) is 5.75 Å². The van der Waals surface area contributed by atoms with E-state index in [9.17, 15) is 8.42 Å². The molecule has 1 aliphatic heterocycles. The van der Waals surface area contributed by atoms with Gasteiger partial charge in [-0.2, -0.15) is 4.31 Å². The van der Waals surface area contributed by atoms with Crippen molar-refractivity contribution < 1.29 is 13.2 Å². The van der Waals surface area contributed by atoms with E-state index in [0.717, 1.165) is 32.5 Å². The number of likely N-dealkylation sites (N-methyl/N-ethyl adjacent to an activating group) is 1. The molecule has 2 aromatic rings. The van der Waals surface area contributed by atoms with E-state index in [2.05, 4.69) is 9.88 Å². The van der Waals surface area contributed by atoms with Crippen molar-refractivity contribution in [3.63, 3.8) is 0 Å². The van der Waals surface area contributed by atoms with Crippen molar-refractivity contribution >= 4 is 10.0 Å². The molecule has 1 saturated heterocycles. The topological polar surface area (TPSA) is 66.0 Å². The van der Waals surface area contributed by atoms with Crippen molar-refractivity contribution in [2.45, 2.75) is 30.3 Å². The summed E-state index contributed by atoms with van der Waals surface area (Å²) in [5, 5.41) is 0. The van der Waals surface area contributed by atoms with Gasteiger partial charge in [-0.05, 0) is 56.8 Å². The van der Waals surface area contributed by atoms with E-state index >= 15 is 0 Å². The van der Waals surface area contributed by atoms with Crippen molar-refractivity contribution in [2.24, 2.45) is 0 Å². The Balaban J connectivity index is 1.73. The summed E-state index contributed by atoms with van der Waals surface area (Å²) in [5.41, 5.74) is 1.23. The van der Waals surface area contributed by atoms with Gasteiger partial charge in [-0.1, -0.05) is 6.07 Å². The first-order valence-electron chi connectivity index (χ1n) is 10.3. The molecule has 0 N–H and O–H groups in total. The number of hydrogen-bond donors (Lipinski definition) is 0. The number of pyridine rings is 1. The Bertz CT molecular complexity index is 898. The smallest absolute Gasteiger partial charge is 0.243 e. The summed E-state index contributed by atoms with van der Waals surface area (Å²) in [6.07, 6.45) is 5.26. The van der Waals surface area contributed by atoms with Gasteiger partial charge in [-0.15, -0.1) is 0 Å². The van der Waals surface area contributed by atoms with Gasteiger partial charge in [-0.25, -0.2) is 8.42 Å². The Kier molecular flexibility index (Phi) is 7.82. The predicted octanol–water partition coefficient (Wildman–Crippen LogP) is 2.31. The summed E-state index contributed by atoms with van der Waals surface area (Å²) in [6.45, 7) is 3.77. The molecular weight excluding hydrogens is 400 g/mol. The van der Waals surface area contributed by atoms with Gasteiger partial charge in [0.15, 0.2) is 0 Å². The van der Waals surface area contributed by atoms with Gasteiger partial charge in [0, 0.05) is 57.2 Å². The van der Waals surface area contributed by atoms with Gasteiger partial charge in [0.25, 0.3) is 0 Å². The maximum Gasteiger partial charge on any atom is 0.243 e. The van der Waals surface area contributed by atoms with Gasteiger partial charge in [0.05, 0.1) is 12.0 Å². The Morgan fingerprint density at radius 3 is 2.43 bits per heavy atom. The molecule has 3 rings (SSSR count). The third-order valence-corrected chi connectivity index (χ3v) is 7.48. The fourth-order valence-electron chi connectivity index (χ4n) is 3.81. The third-order valence-electron chi connectivity index (χ3n) is 5.54. The predicted molar refractivity (Wildman–Crippen MR) is 118 cm³/mol. The number of benzene rings is 1. The molecule has 1 aromatic carbocycles. The Labute approximate surface area is 180 Å². The molecule has 30 heavy (non-hydrogen) atoms. The summed E-state index contributed by atoms with van der Waals surface area (Å²) in [4.78, 5) is 8.77. The van der Waals surface area contributed by atoms with Crippen molar-refractivity contribution in [1.82, 2.24) is 19.1 Å². The molecule has 0 bridgehead atoms. The molecule has 164 valence electrons. The lowest BCUT2D eigenvalue weighted by atomic mass is 10.0. The van der Waals surface area contributed by atoms with Gasteiger partial charge in [0.1, 0.15) is 5.75 Å². The number of sulfonamides is 1. The van der Waals surface area contributed by atoms with Crippen LogP contribution in [0, 0.1) is 0 Å². The zero-order valence-corrected chi connectivity index (χ0v) is 18.9. The van der Waals surface area contributed by atoms with E-state index in [1.165, 1.54) is 5.56 Å². The maximum atomic E-state index is 13.5. The Hall–Kier alpha value is -2.00. The van der Waals surface area contributed by atoms with Crippen LogP contribution in [0.3, 0.4) is 0 Å². The summed E-state index contributed by atoms with van der Waals surface area (Å²) in [7, 11) is 1.88. The minimum atomic E-state index is -3.61. The standard InChI is InChI=1S/C22H32N4O3S/c1-24(2)15-16-26(30(27,28)22-6-4-5-21(17-22)29-3)20-9-13-25(14-10-20)18-19-7-11-23-12-8-19/h4-8,11-12,17,20H,9-10,13-16,18H2,1-3H3. The van der Waals surface area contributed by atoms with Crippen molar-refractivity contribution in [1.29, 1.82) is 0 Å². The maximum absolute atomic E-state index is 13.5. The molecule has 7 nitrogen and oxygen atoms in total. The van der Waals surface area contributed by atoms with Crippen molar-refractivity contribution in [3.05, 3.63) is 54.4 Å². The molecule has 1 fully saturated rings. The Morgan fingerprint density at radius 1 is 1.10 bits per heavy atom. The average Bonchev–Trinajstić information content (AvgIpc) is 2.75.